The molecule has 0 aromatic carbocycles. The van der Waals surface area contributed by atoms with Crippen LogP contribution in [0.3, 0.4) is 0 Å². The number of anilines is 1. The Morgan fingerprint density at radius 2 is 2.00 bits per heavy atom. The summed E-state index contributed by atoms with van der Waals surface area (Å²) >= 11 is 0. The summed E-state index contributed by atoms with van der Waals surface area (Å²) < 4.78 is 16.3. The number of aromatic nitrogens is 2. The van der Waals surface area contributed by atoms with Gasteiger partial charge in [-0.3, -0.25) is 4.79 Å². The molecular formula is C20H24N4O4. The lowest BCUT2D eigenvalue weighted by atomic mass is 10.2. The molecule has 0 radical (unpaired) electrons. The number of rotatable bonds is 6. The van der Waals surface area contributed by atoms with Crippen LogP contribution in [-0.2, 0) is 16.0 Å². The van der Waals surface area contributed by atoms with Crippen LogP contribution in [0.2, 0.25) is 0 Å². The molecule has 0 saturated carbocycles. The molecule has 0 aliphatic carbocycles. The third kappa shape index (κ3) is 4.76. The van der Waals surface area contributed by atoms with Crippen molar-refractivity contribution in [1.29, 1.82) is 0 Å². The molecule has 2 fully saturated rings. The van der Waals surface area contributed by atoms with Gasteiger partial charge in [0.1, 0.15) is 11.9 Å². The topological polar surface area (TPSA) is 85.8 Å². The highest BCUT2D eigenvalue weighted by atomic mass is 16.5. The van der Waals surface area contributed by atoms with E-state index in [1.807, 2.05) is 12.1 Å². The van der Waals surface area contributed by atoms with E-state index in [2.05, 4.69) is 20.2 Å². The fourth-order valence-corrected chi connectivity index (χ4v) is 3.15. The molecule has 1 atom stereocenters. The van der Waals surface area contributed by atoms with E-state index in [0.29, 0.717) is 31.2 Å². The molecule has 2 aromatic heterocycles. The average Bonchev–Trinajstić information content (AvgIpc) is 3.27. The highest BCUT2D eigenvalue weighted by molar-refractivity contribution is 5.93. The average molecular weight is 384 g/mol. The molecule has 4 rings (SSSR count). The Kier molecular flexibility index (Phi) is 5.98. The van der Waals surface area contributed by atoms with Crippen molar-refractivity contribution in [2.75, 3.05) is 44.4 Å². The number of ether oxygens (including phenoxy) is 3. The van der Waals surface area contributed by atoms with Crippen LogP contribution < -0.4 is 15.0 Å². The van der Waals surface area contributed by atoms with Gasteiger partial charge in [-0.25, -0.2) is 9.97 Å². The second-order valence-corrected chi connectivity index (χ2v) is 6.80. The largest absolute Gasteiger partial charge is 0.472 e. The Morgan fingerprint density at radius 3 is 2.68 bits per heavy atom. The number of carbonyl (C=O) groups is 1. The van der Waals surface area contributed by atoms with Crippen molar-refractivity contribution in [2.24, 2.45) is 0 Å². The summed E-state index contributed by atoms with van der Waals surface area (Å²) in [6.45, 7) is 4.87. The second kappa shape index (κ2) is 8.99. The smallest absolute Gasteiger partial charge is 0.253 e. The first-order valence-corrected chi connectivity index (χ1v) is 9.54. The third-order valence-corrected chi connectivity index (χ3v) is 4.77. The van der Waals surface area contributed by atoms with Crippen molar-refractivity contribution in [1.82, 2.24) is 15.3 Å². The Labute approximate surface area is 163 Å². The lowest BCUT2D eigenvalue weighted by Gasteiger charge is -2.27. The van der Waals surface area contributed by atoms with Crippen LogP contribution in [0.25, 0.3) is 0 Å². The summed E-state index contributed by atoms with van der Waals surface area (Å²) in [7, 11) is 0. The maximum atomic E-state index is 12.3. The van der Waals surface area contributed by atoms with Gasteiger partial charge in [0.2, 0.25) is 5.88 Å². The first kappa shape index (κ1) is 18.6. The van der Waals surface area contributed by atoms with Gasteiger partial charge in [-0.05, 0) is 17.7 Å². The van der Waals surface area contributed by atoms with E-state index in [1.165, 1.54) is 6.20 Å². The van der Waals surface area contributed by atoms with Gasteiger partial charge in [0, 0.05) is 44.5 Å². The molecule has 28 heavy (non-hydrogen) atoms. The predicted molar refractivity (Wildman–Crippen MR) is 103 cm³/mol. The molecule has 0 bridgehead atoms. The molecule has 2 aromatic rings. The van der Waals surface area contributed by atoms with E-state index in [-0.39, 0.29) is 12.0 Å². The molecule has 1 N–H and O–H groups in total. The summed E-state index contributed by atoms with van der Waals surface area (Å²) in [6.07, 6.45) is 4.23. The molecule has 2 saturated heterocycles. The maximum Gasteiger partial charge on any atom is 0.253 e. The van der Waals surface area contributed by atoms with Crippen LogP contribution >= 0.6 is 0 Å². The molecule has 2 aliphatic heterocycles. The van der Waals surface area contributed by atoms with Crippen molar-refractivity contribution < 1.29 is 19.0 Å². The Balaban J connectivity index is 1.27. The third-order valence-electron chi connectivity index (χ3n) is 4.77. The zero-order valence-electron chi connectivity index (χ0n) is 15.7. The minimum atomic E-state index is -0.180. The van der Waals surface area contributed by atoms with Gasteiger partial charge >= 0.3 is 0 Å². The zero-order chi connectivity index (χ0) is 19.2. The molecule has 8 heteroatoms. The predicted octanol–water partition coefficient (Wildman–Crippen LogP) is 1.41. The van der Waals surface area contributed by atoms with Crippen molar-refractivity contribution in [3.63, 3.8) is 0 Å². The number of pyridine rings is 2. The van der Waals surface area contributed by atoms with Crippen LogP contribution in [0.1, 0.15) is 22.3 Å². The monoisotopic (exact) mass is 384 g/mol. The minimum absolute atomic E-state index is 0.0418. The standard InChI is InChI=1S/C20H24N4O4/c25-20(16-2-4-19(22-13-16)28-17-5-8-27-14-17)23-12-15-1-3-18(21-11-15)24-6-9-26-10-7-24/h1-4,11,13,17H,5-10,12,14H2,(H,23,25). The van der Waals surface area contributed by atoms with Crippen LogP contribution in [-0.4, -0.2) is 61.5 Å². The highest BCUT2D eigenvalue weighted by Crippen LogP contribution is 2.15. The van der Waals surface area contributed by atoms with E-state index in [4.69, 9.17) is 14.2 Å². The molecule has 4 heterocycles. The van der Waals surface area contributed by atoms with Crippen molar-refractivity contribution in [3.8, 4) is 5.88 Å². The van der Waals surface area contributed by atoms with Gasteiger partial charge in [0.15, 0.2) is 0 Å². The quantitative estimate of drug-likeness (QED) is 0.806. The summed E-state index contributed by atoms with van der Waals surface area (Å²) in [5, 5.41) is 2.89. The number of nitrogens with one attached hydrogen (secondary N) is 1. The van der Waals surface area contributed by atoms with E-state index in [9.17, 15) is 4.79 Å². The SMILES string of the molecule is O=C(NCc1ccc(N2CCOCC2)nc1)c1ccc(OC2CCOC2)nc1. The first-order chi connectivity index (χ1) is 13.8. The molecule has 2 aliphatic rings. The summed E-state index contributed by atoms with van der Waals surface area (Å²) in [5.41, 5.74) is 1.44. The molecule has 1 amide bonds. The number of morpholine rings is 1. The van der Waals surface area contributed by atoms with Crippen LogP contribution in [0.4, 0.5) is 5.82 Å². The van der Waals surface area contributed by atoms with Gasteiger partial charge in [-0.2, -0.15) is 0 Å². The zero-order valence-corrected chi connectivity index (χ0v) is 15.7. The molecule has 8 nitrogen and oxygen atoms in total. The first-order valence-electron chi connectivity index (χ1n) is 9.54. The lowest BCUT2D eigenvalue weighted by Crippen LogP contribution is -2.36. The van der Waals surface area contributed by atoms with Gasteiger partial charge < -0.3 is 24.4 Å². The highest BCUT2D eigenvalue weighted by Gasteiger charge is 2.18. The number of amides is 1. The summed E-state index contributed by atoms with van der Waals surface area (Å²) in [5.74, 6) is 1.27. The van der Waals surface area contributed by atoms with Crippen molar-refractivity contribution >= 4 is 11.7 Å². The molecule has 0 spiro atoms. The van der Waals surface area contributed by atoms with Gasteiger partial charge in [-0.1, -0.05) is 6.07 Å². The van der Waals surface area contributed by atoms with Crippen LogP contribution in [0.15, 0.2) is 36.7 Å². The van der Waals surface area contributed by atoms with Crippen LogP contribution in [0.5, 0.6) is 5.88 Å². The number of hydrogen-bond donors (Lipinski definition) is 1. The Hall–Kier alpha value is -2.71. The minimum Gasteiger partial charge on any atom is -0.472 e. The molecule has 1 unspecified atom stereocenters. The Morgan fingerprint density at radius 1 is 1.11 bits per heavy atom. The molecule has 148 valence electrons. The number of hydrogen-bond acceptors (Lipinski definition) is 7. The molecular weight excluding hydrogens is 360 g/mol. The van der Waals surface area contributed by atoms with Crippen molar-refractivity contribution in [2.45, 2.75) is 19.1 Å². The summed E-state index contributed by atoms with van der Waals surface area (Å²) in [4.78, 5) is 23.2. The van der Waals surface area contributed by atoms with Crippen LogP contribution in [0, 0.1) is 0 Å². The normalized spacial score (nSPS) is 19.4. The number of carbonyl (C=O) groups excluding carboxylic acids is 1. The fraction of sp³-hybridized carbons (Fsp3) is 0.450. The summed E-state index contributed by atoms with van der Waals surface area (Å²) in [6, 6.07) is 7.39. The van der Waals surface area contributed by atoms with E-state index < -0.39 is 0 Å². The van der Waals surface area contributed by atoms with Gasteiger partial charge in [0.05, 0.1) is 32.0 Å². The van der Waals surface area contributed by atoms with E-state index in [0.717, 1.165) is 44.1 Å². The Bertz CT molecular complexity index is 770. The van der Waals surface area contributed by atoms with E-state index >= 15 is 0 Å². The number of nitrogens with zero attached hydrogens (tertiary/aromatic N) is 3. The fourth-order valence-electron chi connectivity index (χ4n) is 3.15. The second-order valence-electron chi connectivity index (χ2n) is 6.80. The maximum absolute atomic E-state index is 12.3. The van der Waals surface area contributed by atoms with Crippen molar-refractivity contribution in [3.05, 3.63) is 47.8 Å². The lowest BCUT2D eigenvalue weighted by molar-refractivity contribution is 0.0950. The van der Waals surface area contributed by atoms with Gasteiger partial charge in [-0.15, -0.1) is 0 Å². The van der Waals surface area contributed by atoms with Gasteiger partial charge in [0.25, 0.3) is 5.91 Å². The van der Waals surface area contributed by atoms with E-state index in [1.54, 1.807) is 18.3 Å².